The van der Waals surface area contributed by atoms with Crippen LogP contribution in [0.25, 0.3) is 21.8 Å². The molecule has 2 aromatic carbocycles. The summed E-state index contributed by atoms with van der Waals surface area (Å²) in [5, 5.41) is 5.64. The summed E-state index contributed by atoms with van der Waals surface area (Å²) in [7, 11) is 2.12. The Bertz CT molecular complexity index is 1630. The highest BCUT2D eigenvalue weighted by molar-refractivity contribution is 5.92. The average Bonchev–Trinajstić information content (AvgIpc) is 3.03. The number of fused-ring (bicyclic) bond motifs is 2. The first-order valence-corrected chi connectivity index (χ1v) is 14.9. The van der Waals surface area contributed by atoms with Crippen molar-refractivity contribution in [2.24, 2.45) is 5.92 Å². The molecule has 0 spiro atoms. The summed E-state index contributed by atoms with van der Waals surface area (Å²) in [6.45, 7) is 10.1. The van der Waals surface area contributed by atoms with E-state index in [4.69, 9.17) is 0 Å². The molecule has 1 N–H and O–H groups in total. The highest BCUT2D eigenvalue weighted by atomic mass is 15.3. The maximum Gasteiger partial charge on any atom is 0.139 e. The lowest BCUT2D eigenvalue weighted by Gasteiger charge is -2.37. The molecule has 1 aliphatic rings. The third-order valence-electron chi connectivity index (χ3n) is 8.09. The Morgan fingerprint density at radius 3 is 2.07 bits per heavy atom. The van der Waals surface area contributed by atoms with Crippen molar-refractivity contribution in [3.05, 3.63) is 79.1 Å². The fourth-order valence-electron chi connectivity index (χ4n) is 5.57. The first-order chi connectivity index (χ1) is 20.5. The van der Waals surface area contributed by atoms with Gasteiger partial charge in [0.1, 0.15) is 24.3 Å². The van der Waals surface area contributed by atoms with E-state index in [0.717, 1.165) is 85.6 Å². The molecule has 3 aromatic heterocycles. The quantitative estimate of drug-likeness (QED) is 0.240. The second kappa shape index (κ2) is 12.5. The zero-order chi connectivity index (χ0) is 28.9. The Morgan fingerprint density at radius 2 is 1.40 bits per heavy atom. The van der Waals surface area contributed by atoms with Crippen LogP contribution in [0.4, 0.5) is 23.0 Å². The molecule has 9 heteroatoms. The lowest BCUT2D eigenvalue weighted by atomic mass is 10.1. The number of pyridine rings is 1. The van der Waals surface area contributed by atoms with Gasteiger partial charge in [-0.15, -0.1) is 0 Å². The van der Waals surface area contributed by atoms with Crippen LogP contribution in [0.1, 0.15) is 25.8 Å². The molecule has 0 aliphatic carbocycles. The minimum absolute atomic E-state index is 0.664. The standard InChI is InChI=1S/C33H39N9/c1-24(2)11-15-40(3)33-29-7-5-27(21-31(29)37-23-39-33)42-18-16-41(17-19-42)26-4-6-28-30(20-26)36-22-38-32(28)35-14-10-25-8-12-34-13-9-25/h4-9,12-13,20-24H,10-11,14-19H2,1-3H3,(H,35,36,38). The van der Waals surface area contributed by atoms with E-state index in [9.17, 15) is 0 Å². The van der Waals surface area contributed by atoms with Gasteiger partial charge in [0.25, 0.3) is 0 Å². The smallest absolute Gasteiger partial charge is 0.139 e. The summed E-state index contributed by atoms with van der Waals surface area (Å²) in [6.07, 6.45) is 9.05. The van der Waals surface area contributed by atoms with Crippen molar-refractivity contribution in [2.45, 2.75) is 26.7 Å². The van der Waals surface area contributed by atoms with Gasteiger partial charge in [-0.1, -0.05) is 13.8 Å². The summed E-state index contributed by atoms with van der Waals surface area (Å²) < 4.78 is 0. The molecule has 1 fully saturated rings. The molecule has 0 atom stereocenters. The molecular formula is C33H39N9. The summed E-state index contributed by atoms with van der Waals surface area (Å²) >= 11 is 0. The molecule has 216 valence electrons. The normalized spacial score (nSPS) is 13.7. The van der Waals surface area contributed by atoms with Crippen molar-refractivity contribution in [3.8, 4) is 0 Å². The highest BCUT2D eigenvalue weighted by Crippen LogP contribution is 2.29. The first kappa shape index (κ1) is 27.6. The minimum atomic E-state index is 0.664. The van der Waals surface area contributed by atoms with E-state index >= 15 is 0 Å². The predicted octanol–water partition coefficient (Wildman–Crippen LogP) is 5.43. The van der Waals surface area contributed by atoms with E-state index in [1.165, 1.54) is 16.9 Å². The van der Waals surface area contributed by atoms with Crippen LogP contribution in [0.2, 0.25) is 0 Å². The van der Waals surface area contributed by atoms with Gasteiger partial charge < -0.3 is 20.0 Å². The summed E-state index contributed by atoms with van der Waals surface area (Å²) in [4.78, 5) is 29.5. The molecule has 9 nitrogen and oxygen atoms in total. The second-order valence-corrected chi connectivity index (χ2v) is 11.4. The van der Waals surface area contributed by atoms with E-state index in [0.29, 0.717) is 5.92 Å². The molecule has 4 heterocycles. The third kappa shape index (κ3) is 6.20. The van der Waals surface area contributed by atoms with Crippen molar-refractivity contribution in [3.63, 3.8) is 0 Å². The number of aromatic nitrogens is 5. The monoisotopic (exact) mass is 561 g/mol. The minimum Gasteiger partial charge on any atom is -0.369 e. The van der Waals surface area contributed by atoms with E-state index < -0.39 is 0 Å². The lowest BCUT2D eigenvalue weighted by molar-refractivity contribution is 0.584. The average molecular weight is 562 g/mol. The van der Waals surface area contributed by atoms with Gasteiger partial charge in [0.05, 0.1) is 11.0 Å². The summed E-state index contributed by atoms with van der Waals surface area (Å²) in [6, 6.07) is 17.2. The van der Waals surface area contributed by atoms with Crippen LogP contribution in [-0.2, 0) is 6.42 Å². The number of anilines is 4. The molecule has 42 heavy (non-hydrogen) atoms. The Kier molecular flexibility index (Phi) is 8.26. The number of hydrogen-bond acceptors (Lipinski definition) is 9. The number of nitrogens with one attached hydrogen (secondary N) is 1. The molecule has 1 saturated heterocycles. The van der Waals surface area contributed by atoms with E-state index in [1.807, 2.05) is 24.5 Å². The molecule has 0 unspecified atom stereocenters. The molecule has 0 amide bonds. The van der Waals surface area contributed by atoms with Crippen LogP contribution in [0.3, 0.4) is 0 Å². The molecule has 5 aromatic rings. The number of piperazine rings is 1. The fourth-order valence-corrected chi connectivity index (χ4v) is 5.57. The van der Waals surface area contributed by atoms with Gasteiger partial charge in [0.15, 0.2) is 0 Å². The Morgan fingerprint density at radius 1 is 0.786 bits per heavy atom. The van der Waals surface area contributed by atoms with Crippen molar-refractivity contribution >= 4 is 44.8 Å². The van der Waals surface area contributed by atoms with Crippen LogP contribution in [-0.4, -0.2) is 71.2 Å². The Balaban J connectivity index is 1.10. The zero-order valence-corrected chi connectivity index (χ0v) is 24.7. The largest absolute Gasteiger partial charge is 0.369 e. The topological polar surface area (TPSA) is 86.2 Å². The second-order valence-electron chi connectivity index (χ2n) is 11.4. The van der Waals surface area contributed by atoms with Gasteiger partial charge >= 0.3 is 0 Å². The number of rotatable bonds is 10. The molecular weight excluding hydrogens is 522 g/mol. The van der Waals surface area contributed by atoms with Crippen molar-refractivity contribution in [2.75, 3.05) is 66.3 Å². The van der Waals surface area contributed by atoms with E-state index in [-0.39, 0.29) is 0 Å². The van der Waals surface area contributed by atoms with Gasteiger partial charge in [-0.3, -0.25) is 4.98 Å². The van der Waals surface area contributed by atoms with Crippen LogP contribution < -0.4 is 20.0 Å². The third-order valence-corrected chi connectivity index (χ3v) is 8.09. The van der Waals surface area contributed by atoms with Gasteiger partial charge in [-0.2, -0.15) is 0 Å². The van der Waals surface area contributed by atoms with Gasteiger partial charge in [0, 0.05) is 80.9 Å². The van der Waals surface area contributed by atoms with Crippen molar-refractivity contribution in [1.82, 2.24) is 24.9 Å². The van der Waals surface area contributed by atoms with Gasteiger partial charge in [-0.05, 0) is 72.9 Å². The fraction of sp³-hybridized carbons (Fsp3) is 0.364. The van der Waals surface area contributed by atoms with E-state index in [2.05, 4.69) is 102 Å². The SMILES string of the molecule is CC(C)CCN(C)c1ncnc2cc(N3CCN(c4ccc5c(NCCc6ccncc6)ncnc5c4)CC3)ccc12. The first-order valence-electron chi connectivity index (χ1n) is 14.9. The lowest BCUT2D eigenvalue weighted by Crippen LogP contribution is -2.46. The zero-order valence-electron chi connectivity index (χ0n) is 24.7. The number of nitrogens with zero attached hydrogens (tertiary/aromatic N) is 8. The summed E-state index contributed by atoms with van der Waals surface area (Å²) in [5.74, 6) is 2.54. The van der Waals surface area contributed by atoms with Gasteiger partial charge in [-0.25, -0.2) is 19.9 Å². The molecule has 0 saturated carbocycles. The van der Waals surface area contributed by atoms with Crippen molar-refractivity contribution < 1.29 is 0 Å². The van der Waals surface area contributed by atoms with Gasteiger partial charge in [0.2, 0.25) is 0 Å². The van der Waals surface area contributed by atoms with Crippen LogP contribution >= 0.6 is 0 Å². The number of hydrogen-bond donors (Lipinski definition) is 1. The number of benzene rings is 2. The molecule has 0 radical (unpaired) electrons. The Hall–Kier alpha value is -4.53. The molecule has 0 bridgehead atoms. The maximum absolute atomic E-state index is 4.61. The summed E-state index contributed by atoms with van der Waals surface area (Å²) in [5.41, 5.74) is 5.62. The molecule has 6 rings (SSSR count). The predicted molar refractivity (Wildman–Crippen MR) is 173 cm³/mol. The molecule has 1 aliphatic heterocycles. The van der Waals surface area contributed by atoms with Crippen LogP contribution in [0.5, 0.6) is 0 Å². The van der Waals surface area contributed by atoms with Crippen LogP contribution in [0, 0.1) is 5.92 Å². The van der Waals surface area contributed by atoms with Crippen molar-refractivity contribution in [1.29, 1.82) is 0 Å². The van der Waals surface area contributed by atoms with E-state index in [1.54, 1.807) is 12.7 Å². The maximum atomic E-state index is 4.61. The van der Waals surface area contributed by atoms with Crippen LogP contribution in [0.15, 0.2) is 73.6 Å². The highest BCUT2D eigenvalue weighted by Gasteiger charge is 2.19. The Labute approximate surface area is 247 Å².